The number of halogens is 1. The predicted molar refractivity (Wildman–Crippen MR) is 135 cm³/mol. The topological polar surface area (TPSA) is 91.9 Å². The Kier molecular flexibility index (Phi) is 8.08. The third-order valence-electron chi connectivity index (χ3n) is 5.80. The van der Waals surface area contributed by atoms with Gasteiger partial charge in [0.15, 0.2) is 16.8 Å². The molecular formula is C24H35FN6O3S. The minimum Gasteiger partial charge on any atom is -0.444 e. The van der Waals surface area contributed by atoms with E-state index in [-0.39, 0.29) is 23.8 Å². The van der Waals surface area contributed by atoms with Gasteiger partial charge in [-0.05, 0) is 46.6 Å². The molecule has 0 radical (unpaired) electrons. The van der Waals surface area contributed by atoms with Crippen LogP contribution in [0.2, 0.25) is 0 Å². The van der Waals surface area contributed by atoms with Gasteiger partial charge in [0.25, 0.3) is 0 Å². The van der Waals surface area contributed by atoms with Crippen LogP contribution in [0.5, 0.6) is 0 Å². The fourth-order valence-corrected chi connectivity index (χ4v) is 4.83. The molecule has 0 unspecified atom stereocenters. The second kappa shape index (κ2) is 11.0. The van der Waals surface area contributed by atoms with Crippen LogP contribution in [0, 0.1) is 12.7 Å². The van der Waals surface area contributed by atoms with Gasteiger partial charge in [-0.1, -0.05) is 0 Å². The lowest BCUT2D eigenvalue weighted by Gasteiger charge is -2.34. The molecule has 2 saturated heterocycles. The average Bonchev–Trinajstić information content (AvgIpc) is 3.21. The Hall–Kier alpha value is -2.50. The number of rotatable bonds is 6. The van der Waals surface area contributed by atoms with Crippen LogP contribution in [0.15, 0.2) is 12.3 Å². The molecule has 2 fully saturated rings. The molecule has 192 valence electrons. The van der Waals surface area contributed by atoms with Gasteiger partial charge in [-0.25, -0.2) is 19.2 Å². The maximum absolute atomic E-state index is 15.7. The highest BCUT2D eigenvalue weighted by Gasteiger charge is 2.29. The molecule has 2 aromatic heterocycles. The molecule has 2 N–H and O–H groups in total. The van der Waals surface area contributed by atoms with Crippen LogP contribution < -0.4 is 10.6 Å². The van der Waals surface area contributed by atoms with E-state index in [1.54, 1.807) is 17.2 Å². The summed E-state index contributed by atoms with van der Waals surface area (Å²) >= 11 is 1.52. The number of hydrogen-bond donors (Lipinski definition) is 2. The quantitative estimate of drug-likeness (QED) is 0.597. The first kappa shape index (κ1) is 25.6. The zero-order valence-electron chi connectivity index (χ0n) is 20.9. The summed E-state index contributed by atoms with van der Waals surface area (Å²) in [5.41, 5.74) is -0.00627. The van der Waals surface area contributed by atoms with Crippen molar-refractivity contribution in [2.24, 2.45) is 0 Å². The summed E-state index contributed by atoms with van der Waals surface area (Å²) in [5, 5.41) is 7.20. The van der Waals surface area contributed by atoms with Crippen LogP contribution in [0.1, 0.15) is 44.1 Å². The zero-order valence-corrected chi connectivity index (χ0v) is 21.7. The van der Waals surface area contributed by atoms with Crippen LogP contribution >= 0.6 is 11.3 Å². The first-order valence-corrected chi connectivity index (χ1v) is 12.9. The number of likely N-dealkylation sites (tertiary alicyclic amines) is 1. The second-order valence-electron chi connectivity index (χ2n) is 10.0. The molecule has 0 spiro atoms. The molecular weight excluding hydrogens is 471 g/mol. The number of thiazole rings is 1. The highest BCUT2D eigenvalue weighted by atomic mass is 32.1. The summed E-state index contributed by atoms with van der Waals surface area (Å²) < 4.78 is 26.6. The molecule has 35 heavy (non-hydrogen) atoms. The molecule has 2 aliphatic heterocycles. The molecule has 4 rings (SSSR count). The number of carbonyl (C=O) groups excluding carboxylic acids is 1. The van der Waals surface area contributed by atoms with E-state index < -0.39 is 5.60 Å². The van der Waals surface area contributed by atoms with Gasteiger partial charge < -0.3 is 25.0 Å². The third kappa shape index (κ3) is 7.25. The summed E-state index contributed by atoms with van der Waals surface area (Å²) in [4.78, 5) is 26.4. The number of piperidine rings is 1. The smallest absolute Gasteiger partial charge is 0.410 e. The average molecular weight is 507 g/mol. The first-order chi connectivity index (χ1) is 16.7. The molecule has 0 aliphatic carbocycles. The van der Waals surface area contributed by atoms with E-state index in [0.29, 0.717) is 49.4 Å². The van der Waals surface area contributed by atoms with Gasteiger partial charge in [0, 0.05) is 55.4 Å². The summed E-state index contributed by atoms with van der Waals surface area (Å²) in [6.07, 6.45) is 3.05. The lowest BCUT2D eigenvalue weighted by Crippen LogP contribution is -2.47. The number of pyridine rings is 1. The van der Waals surface area contributed by atoms with E-state index in [9.17, 15) is 4.79 Å². The van der Waals surface area contributed by atoms with Crippen molar-refractivity contribution in [3.05, 3.63) is 28.5 Å². The van der Waals surface area contributed by atoms with E-state index in [2.05, 4.69) is 25.5 Å². The highest BCUT2D eigenvalue weighted by Crippen LogP contribution is 2.28. The van der Waals surface area contributed by atoms with Gasteiger partial charge in [-0.2, -0.15) is 0 Å². The van der Waals surface area contributed by atoms with E-state index in [0.717, 1.165) is 30.8 Å². The highest BCUT2D eigenvalue weighted by molar-refractivity contribution is 7.15. The van der Waals surface area contributed by atoms with Crippen molar-refractivity contribution in [3.63, 3.8) is 0 Å². The Morgan fingerprint density at radius 1 is 1.31 bits per heavy atom. The third-order valence-corrected chi connectivity index (χ3v) is 6.63. The number of nitrogens with one attached hydrogen (secondary N) is 2. The van der Waals surface area contributed by atoms with Gasteiger partial charge in [0.1, 0.15) is 11.4 Å². The van der Waals surface area contributed by atoms with Crippen molar-refractivity contribution in [2.75, 3.05) is 50.0 Å². The normalized spacial score (nSPS) is 19.5. The van der Waals surface area contributed by atoms with Crippen LogP contribution in [0.3, 0.4) is 0 Å². The molecule has 11 heteroatoms. The summed E-state index contributed by atoms with van der Waals surface area (Å²) in [6, 6.07) is 1.62. The summed E-state index contributed by atoms with van der Waals surface area (Å²) in [7, 11) is 0. The van der Waals surface area contributed by atoms with Crippen molar-refractivity contribution in [1.82, 2.24) is 19.8 Å². The molecule has 9 nitrogen and oxygen atoms in total. The number of aryl methyl sites for hydroxylation is 1. The Bertz CT molecular complexity index is 1020. The molecule has 1 amide bonds. The van der Waals surface area contributed by atoms with Crippen molar-refractivity contribution in [3.8, 4) is 0 Å². The predicted octanol–water partition coefficient (Wildman–Crippen LogP) is 4.37. The van der Waals surface area contributed by atoms with E-state index in [1.165, 1.54) is 11.3 Å². The number of hydrogen-bond acceptors (Lipinski definition) is 9. The standard InChI is InChI=1S/C24H35FN6O3S/c1-16-13-26-22(35-16)29-19-12-17(14-30-8-10-33-11-9-30)20(25)21(28-19)27-18-6-5-7-31(15-18)23(32)34-24(2,3)4/h12-13,18H,5-11,14-15H2,1-4H3,(H2,26,27,28,29)/t18-/m0/s1. The van der Waals surface area contributed by atoms with Gasteiger partial charge in [0.2, 0.25) is 0 Å². The minimum atomic E-state index is -0.562. The molecule has 2 aliphatic rings. The Morgan fingerprint density at radius 2 is 2.09 bits per heavy atom. The zero-order chi connectivity index (χ0) is 25.0. The summed E-state index contributed by atoms with van der Waals surface area (Å²) in [5.74, 6) is 0.348. The number of aromatic nitrogens is 2. The molecule has 4 heterocycles. The van der Waals surface area contributed by atoms with E-state index in [4.69, 9.17) is 9.47 Å². The largest absolute Gasteiger partial charge is 0.444 e. The lowest BCUT2D eigenvalue weighted by molar-refractivity contribution is 0.0206. The Labute approximate surface area is 210 Å². The van der Waals surface area contributed by atoms with Gasteiger partial charge in [-0.15, -0.1) is 11.3 Å². The molecule has 2 aromatic rings. The number of morpholine rings is 1. The van der Waals surface area contributed by atoms with Crippen molar-refractivity contribution in [2.45, 2.75) is 58.7 Å². The summed E-state index contributed by atoms with van der Waals surface area (Å²) in [6.45, 7) is 11.8. The fraction of sp³-hybridized carbons (Fsp3) is 0.625. The molecule has 0 bridgehead atoms. The number of amides is 1. The van der Waals surface area contributed by atoms with Gasteiger partial charge in [-0.3, -0.25) is 4.90 Å². The number of ether oxygens (including phenoxy) is 2. The monoisotopic (exact) mass is 506 g/mol. The lowest BCUT2D eigenvalue weighted by atomic mass is 10.1. The minimum absolute atomic E-state index is 0.133. The van der Waals surface area contributed by atoms with Gasteiger partial charge >= 0.3 is 6.09 Å². The van der Waals surface area contributed by atoms with E-state index >= 15 is 4.39 Å². The molecule has 0 saturated carbocycles. The van der Waals surface area contributed by atoms with Crippen LogP contribution in [0.25, 0.3) is 0 Å². The Morgan fingerprint density at radius 3 is 2.77 bits per heavy atom. The van der Waals surface area contributed by atoms with Crippen molar-refractivity contribution < 1.29 is 18.7 Å². The van der Waals surface area contributed by atoms with Crippen molar-refractivity contribution >= 4 is 34.2 Å². The molecule has 1 atom stereocenters. The number of anilines is 3. The maximum Gasteiger partial charge on any atom is 0.410 e. The van der Waals surface area contributed by atoms with Crippen LogP contribution in [-0.4, -0.2) is 76.9 Å². The number of nitrogens with zero attached hydrogens (tertiary/aromatic N) is 4. The second-order valence-corrected chi connectivity index (χ2v) is 11.3. The first-order valence-electron chi connectivity index (χ1n) is 12.1. The van der Waals surface area contributed by atoms with Crippen LogP contribution in [-0.2, 0) is 16.0 Å². The SMILES string of the molecule is Cc1cnc(Nc2cc(CN3CCOCC3)c(F)c(N[C@H]3CCCN(C(=O)OC(C)(C)C)C3)n2)s1. The van der Waals surface area contributed by atoms with Crippen molar-refractivity contribution in [1.29, 1.82) is 0 Å². The van der Waals surface area contributed by atoms with Gasteiger partial charge in [0.05, 0.1) is 13.2 Å². The Balaban J connectivity index is 1.53. The fourth-order valence-electron chi connectivity index (χ4n) is 4.16. The van der Waals surface area contributed by atoms with E-state index in [1.807, 2.05) is 27.7 Å². The van der Waals surface area contributed by atoms with Crippen LogP contribution in [0.4, 0.5) is 26.0 Å². The molecule has 0 aromatic carbocycles. The maximum atomic E-state index is 15.7. The number of carbonyl (C=O) groups is 1.